The van der Waals surface area contributed by atoms with Gasteiger partial charge in [0.25, 0.3) is 5.91 Å². The fraction of sp³-hybridized carbons (Fsp3) is 0.182. The molecule has 0 radical (unpaired) electrons. The Kier molecular flexibility index (Phi) is 5.37. The van der Waals surface area contributed by atoms with E-state index in [-0.39, 0.29) is 11.6 Å². The number of halogens is 1. The Morgan fingerprint density at radius 2 is 1.90 bits per heavy atom. The molecule has 4 aromatic rings. The van der Waals surface area contributed by atoms with Gasteiger partial charge in [0.1, 0.15) is 5.75 Å². The highest BCUT2D eigenvalue weighted by molar-refractivity contribution is 6.30. The van der Waals surface area contributed by atoms with Crippen LogP contribution < -0.4 is 10.1 Å². The summed E-state index contributed by atoms with van der Waals surface area (Å²) in [6.07, 6.45) is 0. The molecule has 2 heterocycles. The predicted molar refractivity (Wildman–Crippen MR) is 116 cm³/mol. The topological polar surface area (TPSA) is 81.4 Å². The molecule has 1 N–H and O–H groups in total. The number of hydrogen-bond acceptors (Lipinski definition) is 5. The molecular formula is C22H20ClN5O2. The number of carbonyl (C=O) groups is 1. The molecule has 0 atom stereocenters. The highest BCUT2D eigenvalue weighted by atomic mass is 35.5. The maximum atomic E-state index is 12.8. The fourth-order valence-electron chi connectivity index (χ4n) is 3.29. The van der Waals surface area contributed by atoms with Crippen molar-refractivity contribution in [3.63, 3.8) is 0 Å². The van der Waals surface area contributed by atoms with Gasteiger partial charge in [0.05, 0.1) is 23.6 Å². The maximum absolute atomic E-state index is 12.8. The van der Waals surface area contributed by atoms with Crippen LogP contribution in [0.25, 0.3) is 16.8 Å². The second kappa shape index (κ2) is 8.12. The summed E-state index contributed by atoms with van der Waals surface area (Å²) in [6, 6.07) is 14.6. The minimum absolute atomic E-state index is 0.205. The van der Waals surface area contributed by atoms with Gasteiger partial charge in [0, 0.05) is 10.7 Å². The molecule has 2 aromatic heterocycles. The van der Waals surface area contributed by atoms with E-state index in [1.165, 1.54) is 0 Å². The van der Waals surface area contributed by atoms with Gasteiger partial charge in [0.2, 0.25) is 0 Å². The Morgan fingerprint density at radius 3 is 2.60 bits per heavy atom. The van der Waals surface area contributed by atoms with E-state index in [1.54, 1.807) is 35.7 Å². The number of nitrogens with zero attached hydrogens (tertiary/aromatic N) is 4. The Morgan fingerprint density at radius 1 is 1.13 bits per heavy atom. The Hall–Kier alpha value is -3.45. The summed E-state index contributed by atoms with van der Waals surface area (Å²) in [4.78, 5) is 12.8. The first-order chi connectivity index (χ1) is 14.5. The Balaban J connectivity index is 1.67. The van der Waals surface area contributed by atoms with E-state index in [4.69, 9.17) is 16.3 Å². The van der Waals surface area contributed by atoms with Crippen molar-refractivity contribution in [1.82, 2.24) is 19.8 Å². The molecule has 8 heteroatoms. The lowest BCUT2D eigenvalue weighted by Crippen LogP contribution is -2.18. The largest absolute Gasteiger partial charge is 0.494 e. The van der Waals surface area contributed by atoms with E-state index >= 15 is 0 Å². The van der Waals surface area contributed by atoms with Crippen molar-refractivity contribution in [1.29, 1.82) is 0 Å². The Labute approximate surface area is 178 Å². The molecule has 0 aliphatic carbocycles. The van der Waals surface area contributed by atoms with Crippen molar-refractivity contribution < 1.29 is 9.53 Å². The van der Waals surface area contributed by atoms with Gasteiger partial charge in [-0.05, 0) is 62.7 Å². The lowest BCUT2D eigenvalue weighted by Gasteiger charge is -2.09. The number of aromatic nitrogens is 4. The first kappa shape index (κ1) is 19.8. The molecule has 4 rings (SSSR count). The van der Waals surface area contributed by atoms with Gasteiger partial charge in [-0.2, -0.15) is 5.10 Å². The van der Waals surface area contributed by atoms with Crippen molar-refractivity contribution in [2.75, 3.05) is 11.9 Å². The van der Waals surface area contributed by atoms with Gasteiger partial charge in [-0.1, -0.05) is 23.7 Å². The minimum atomic E-state index is -0.358. The molecule has 2 aromatic carbocycles. The molecule has 30 heavy (non-hydrogen) atoms. The fourth-order valence-corrected chi connectivity index (χ4v) is 3.48. The van der Waals surface area contributed by atoms with Crippen LogP contribution in [0.15, 0.2) is 48.5 Å². The zero-order valence-electron chi connectivity index (χ0n) is 16.8. The normalized spacial score (nSPS) is 10.9. The zero-order valence-corrected chi connectivity index (χ0v) is 17.6. The van der Waals surface area contributed by atoms with Crippen molar-refractivity contribution >= 4 is 28.8 Å². The van der Waals surface area contributed by atoms with Gasteiger partial charge in [-0.15, -0.1) is 10.2 Å². The van der Waals surface area contributed by atoms with E-state index in [0.29, 0.717) is 28.7 Å². The van der Waals surface area contributed by atoms with Crippen LogP contribution in [0.1, 0.15) is 28.8 Å². The highest BCUT2D eigenvalue weighted by Crippen LogP contribution is 2.29. The molecule has 7 nitrogen and oxygen atoms in total. The van der Waals surface area contributed by atoms with Crippen LogP contribution in [0.4, 0.5) is 5.69 Å². The van der Waals surface area contributed by atoms with Gasteiger partial charge in [0.15, 0.2) is 11.3 Å². The van der Waals surface area contributed by atoms with E-state index in [9.17, 15) is 4.79 Å². The smallest absolute Gasteiger partial charge is 0.278 e. The molecular weight excluding hydrogens is 402 g/mol. The second-order valence-corrected chi connectivity index (χ2v) is 7.19. The number of hydrogen-bond donors (Lipinski definition) is 1. The third-order valence-electron chi connectivity index (χ3n) is 4.69. The van der Waals surface area contributed by atoms with E-state index in [2.05, 4.69) is 20.6 Å². The molecule has 0 unspecified atom stereocenters. The third-order valence-corrected chi connectivity index (χ3v) is 4.93. The predicted octanol–water partition coefficient (Wildman–Crippen LogP) is 4.71. The van der Waals surface area contributed by atoms with Gasteiger partial charge < -0.3 is 10.1 Å². The summed E-state index contributed by atoms with van der Waals surface area (Å²) >= 11 is 6.14. The number of aryl methyl sites for hydroxylation is 2. The van der Waals surface area contributed by atoms with Crippen molar-refractivity contribution in [2.24, 2.45) is 0 Å². The molecule has 152 valence electrons. The van der Waals surface area contributed by atoms with Crippen LogP contribution in [0.3, 0.4) is 0 Å². The van der Waals surface area contributed by atoms with Crippen LogP contribution in [-0.2, 0) is 0 Å². The molecule has 0 bridgehead atoms. The van der Waals surface area contributed by atoms with Crippen LogP contribution in [-0.4, -0.2) is 32.3 Å². The van der Waals surface area contributed by atoms with E-state index in [1.807, 2.05) is 38.1 Å². The van der Waals surface area contributed by atoms with Crippen LogP contribution in [0.5, 0.6) is 5.75 Å². The minimum Gasteiger partial charge on any atom is -0.494 e. The van der Waals surface area contributed by atoms with Crippen LogP contribution in [0, 0.1) is 13.8 Å². The number of ether oxygens (including phenoxy) is 1. The third kappa shape index (κ3) is 3.71. The van der Waals surface area contributed by atoms with Crippen molar-refractivity contribution in [3.8, 4) is 16.9 Å². The molecule has 0 aliphatic rings. The number of nitrogens with one attached hydrogen (secondary N) is 1. The quantitative estimate of drug-likeness (QED) is 0.504. The average Bonchev–Trinajstić information content (AvgIpc) is 3.07. The first-order valence-electron chi connectivity index (χ1n) is 9.50. The van der Waals surface area contributed by atoms with Crippen molar-refractivity contribution in [3.05, 3.63) is 70.6 Å². The highest BCUT2D eigenvalue weighted by Gasteiger charge is 2.20. The van der Waals surface area contributed by atoms with E-state index < -0.39 is 0 Å². The first-order valence-corrected chi connectivity index (χ1v) is 9.88. The molecule has 0 aliphatic heterocycles. The maximum Gasteiger partial charge on any atom is 0.278 e. The standard InChI is InChI=1S/C22H20ClN5O2/c1-4-30-18-10-8-17(9-11-18)24-22(29)20-14(3)28-21(26-25-20)19(13(2)27-28)15-6-5-7-16(23)12-15/h5-12H,4H2,1-3H3,(H,24,29). The lowest BCUT2D eigenvalue weighted by atomic mass is 10.1. The molecule has 0 fully saturated rings. The number of rotatable bonds is 5. The molecule has 0 spiro atoms. The number of fused-ring (bicyclic) bond motifs is 1. The summed E-state index contributed by atoms with van der Waals surface area (Å²) in [5.74, 6) is 0.386. The summed E-state index contributed by atoms with van der Waals surface area (Å²) in [5, 5.41) is 16.5. The summed E-state index contributed by atoms with van der Waals surface area (Å²) < 4.78 is 7.06. The monoisotopic (exact) mass is 421 g/mol. The molecule has 1 amide bonds. The second-order valence-electron chi connectivity index (χ2n) is 6.75. The average molecular weight is 422 g/mol. The van der Waals surface area contributed by atoms with Gasteiger partial charge in [-0.25, -0.2) is 4.52 Å². The van der Waals surface area contributed by atoms with Crippen LogP contribution >= 0.6 is 11.6 Å². The van der Waals surface area contributed by atoms with E-state index in [0.717, 1.165) is 22.6 Å². The lowest BCUT2D eigenvalue weighted by molar-refractivity contribution is 0.102. The number of benzene rings is 2. The van der Waals surface area contributed by atoms with Gasteiger partial charge >= 0.3 is 0 Å². The Bertz CT molecular complexity index is 1230. The summed E-state index contributed by atoms with van der Waals surface area (Å²) in [7, 11) is 0. The number of amides is 1. The number of anilines is 1. The SMILES string of the molecule is CCOc1ccc(NC(=O)c2nnc3c(-c4cccc(Cl)c4)c(C)nn3c2C)cc1. The summed E-state index contributed by atoms with van der Waals surface area (Å²) in [5.41, 5.74) is 4.53. The van der Waals surface area contributed by atoms with Crippen LogP contribution in [0.2, 0.25) is 5.02 Å². The van der Waals surface area contributed by atoms with Crippen molar-refractivity contribution in [2.45, 2.75) is 20.8 Å². The molecule has 0 saturated carbocycles. The van der Waals surface area contributed by atoms with Gasteiger partial charge in [-0.3, -0.25) is 4.79 Å². The zero-order chi connectivity index (χ0) is 21.3. The summed E-state index contributed by atoms with van der Waals surface area (Å²) in [6.45, 7) is 6.19. The molecule has 0 saturated heterocycles. The number of carbonyl (C=O) groups excluding carboxylic acids is 1.